The first-order chi connectivity index (χ1) is 7.40. The van der Waals surface area contributed by atoms with Crippen LogP contribution in [0.1, 0.15) is 32.6 Å². The Kier molecular flexibility index (Phi) is 4.42. The number of rotatable bonds is 7. The molecular weight excluding hydrogens is 190 g/mol. The van der Waals surface area contributed by atoms with Crippen LogP contribution in [0.25, 0.3) is 0 Å². The number of nitrogens with one attached hydrogen (secondary N) is 1. The molecule has 0 amide bonds. The van der Waals surface area contributed by atoms with Crippen molar-refractivity contribution < 1.29 is 9.47 Å². The second kappa shape index (κ2) is 5.83. The van der Waals surface area contributed by atoms with Gasteiger partial charge in [-0.1, -0.05) is 6.92 Å². The Balaban J connectivity index is 1.64. The van der Waals surface area contributed by atoms with E-state index >= 15 is 0 Å². The molecule has 0 aromatic heterocycles. The van der Waals surface area contributed by atoms with Gasteiger partial charge < -0.3 is 14.8 Å². The van der Waals surface area contributed by atoms with Crippen LogP contribution >= 0.6 is 0 Å². The predicted octanol–water partition coefficient (Wildman–Crippen LogP) is 1.57. The Morgan fingerprint density at radius 1 is 1.40 bits per heavy atom. The maximum atomic E-state index is 5.88. The molecule has 1 saturated carbocycles. The van der Waals surface area contributed by atoms with E-state index < -0.39 is 0 Å². The van der Waals surface area contributed by atoms with Gasteiger partial charge in [-0.2, -0.15) is 0 Å². The summed E-state index contributed by atoms with van der Waals surface area (Å²) < 4.78 is 11.2. The molecule has 3 nitrogen and oxygen atoms in total. The highest BCUT2D eigenvalue weighted by atomic mass is 16.5. The van der Waals surface area contributed by atoms with Gasteiger partial charge in [0.15, 0.2) is 0 Å². The summed E-state index contributed by atoms with van der Waals surface area (Å²) in [5.41, 5.74) is 0. The molecule has 2 aliphatic rings. The molecule has 3 heteroatoms. The lowest BCUT2D eigenvalue weighted by atomic mass is 10.2. The molecule has 2 unspecified atom stereocenters. The van der Waals surface area contributed by atoms with Gasteiger partial charge in [-0.05, 0) is 38.1 Å². The molecule has 2 fully saturated rings. The van der Waals surface area contributed by atoms with E-state index in [0.29, 0.717) is 12.1 Å². The first-order valence-corrected chi connectivity index (χ1v) is 6.33. The van der Waals surface area contributed by atoms with Crippen molar-refractivity contribution in [3.05, 3.63) is 0 Å². The molecule has 2 rings (SSSR count). The van der Waals surface area contributed by atoms with E-state index in [4.69, 9.17) is 9.47 Å². The van der Waals surface area contributed by atoms with Crippen molar-refractivity contribution in [3.63, 3.8) is 0 Å². The standard InChI is InChI=1S/C12H23NO2/c1-2-6-13-12(10-3-4-10)9-15-11-5-7-14-8-11/h10-13H,2-9H2,1H3. The number of hydrogen-bond donors (Lipinski definition) is 1. The lowest BCUT2D eigenvalue weighted by Crippen LogP contribution is -2.37. The molecule has 0 bridgehead atoms. The Hall–Kier alpha value is -0.120. The van der Waals surface area contributed by atoms with Crippen molar-refractivity contribution in [2.24, 2.45) is 5.92 Å². The minimum absolute atomic E-state index is 0.356. The summed E-state index contributed by atoms with van der Waals surface area (Å²) in [6, 6.07) is 0.588. The second-order valence-electron chi connectivity index (χ2n) is 4.72. The highest BCUT2D eigenvalue weighted by Crippen LogP contribution is 2.33. The van der Waals surface area contributed by atoms with Gasteiger partial charge in [-0.25, -0.2) is 0 Å². The van der Waals surface area contributed by atoms with Gasteiger partial charge in [0.1, 0.15) is 0 Å². The second-order valence-corrected chi connectivity index (χ2v) is 4.72. The van der Waals surface area contributed by atoms with Crippen LogP contribution in [0.3, 0.4) is 0 Å². The molecule has 88 valence electrons. The van der Waals surface area contributed by atoms with E-state index in [-0.39, 0.29) is 0 Å². The lowest BCUT2D eigenvalue weighted by molar-refractivity contribution is 0.0268. The Morgan fingerprint density at radius 3 is 2.87 bits per heavy atom. The van der Waals surface area contributed by atoms with E-state index in [1.165, 1.54) is 19.3 Å². The fraction of sp³-hybridized carbons (Fsp3) is 1.00. The van der Waals surface area contributed by atoms with Crippen LogP contribution in [-0.4, -0.2) is 38.5 Å². The van der Waals surface area contributed by atoms with E-state index in [1.807, 2.05) is 0 Å². The molecule has 0 radical (unpaired) electrons. The number of ether oxygens (including phenoxy) is 2. The first kappa shape index (κ1) is 11.4. The molecule has 1 aliphatic heterocycles. The first-order valence-electron chi connectivity index (χ1n) is 6.33. The topological polar surface area (TPSA) is 30.5 Å². The third kappa shape index (κ3) is 3.74. The third-order valence-corrected chi connectivity index (χ3v) is 3.25. The molecular formula is C12H23NO2. The summed E-state index contributed by atoms with van der Waals surface area (Å²) in [6.07, 6.45) is 5.40. The van der Waals surface area contributed by atoms with Crippen LogP contribution < -0.4 is 5.32 Å². The summed E-state index contributed by atoms with van der Waals surface area (Å²) >= 11 is 0. The van der Waals surface area contributed by atoms with Gasteiger partial charge in [0, 0.05) is 12.6 Å². The van der Waals surface area contributed by atoms with Gasteiger partial charge >= 0.3 is 0 Å². The molecule has 1 saturated heterocycles. The van der Waals surface area contributed by atoms with Crippen LogP contribution in [0.2, 0.25) is 0 Å². The highest BCUT2D eigenvalue weighted by Gasteiger charge is 2.31. The highest BCUT2D eigenvalue weighted by molar-refractivity contribution is 4.86. The number of hydrogen-bond acceptors (Lipinski definition) is 3. The maximum absolute atomic E-state index is 5.88. The molecule has 2 atom stereocenters. The van der Waals surface area contributed by atoms with Gasteiger partial charge in [-0.15, -0.1) is 0 Å². The normalized spacial score (nSPS) is 28.2. The average Bonchev–Trinajstić information content (AvgIpc) is 2.95. The van der Waals surface area contributed by atoms with E-state index in [2.05, 4.69) is 12.2 Å². The minimum atomic E-state index is 0.356. The largest absolute Gasteiger partial charge is 0.379 e. The van der Waals surface area contributed by atoms with Crippen LogP contribution in [0.5, 0.6) is 0 Å². The molecule has 1 aliphatic carbocycles. The van der Waals surface area contributed by atoms with Gasteiger partial charge in [0.2, 0.25) is 0 Å². The Labute approximate surface area is 92.5 Å². The third-order valence-electron chi connectivity index (χ3n) is 3.25. The summed E-state index contributed by atoms with van der Waals surface area (Å²) in [7, 11) is 0. The van der Waals surface area contributed by atoms with Gasteiger partial charge in [0.25, 0.3) is 0 Å². The zero-order chi connectivity index (χ0) is 10.5. The van der Waals surface area contributed by atoms with Crippen molar-refractivity contribution in [2.75, 3.05) is 26.4 Å². The SMILES string of the molecule is CCCNC(COC1CCOC1)C1CC1. The maximum Gasteiger partial charge on any atom is 0.0831 e. The smallest absolute Gasteiger partial charge is 0.0831 e. The Bertz CT molecular complexity index is 176. The average molecular weight is 213 g/mol. The van der Waals surface area contributed by atoms with Crippen LogP contribution in [-0.2, 0) is 9.47 Å². The van der Waals surface area contributed by atoms with E-state index in [0.717, 1.165) is 38.7 Å². The van der Waals surface area contributed by atoms with Crippen LogP contribution in [0.15, 0.2) is 0 Å². The van der Waals surface area contributed by atoms with Crippen molar-refractivity contribution in [1.82, 2.24) is 5.32 Å². The summed E-state index contributed by atoms with van der Waals surface area (Å²) in [5, 5.41) is 3.59. The molecule has 0 aromatic rings. The fourth-order valence-corrected chi connectivity index (χ4v) is 2.07. The van der Waals surface area contributed by atoms with Crippen molar-refractivity contribution >= 4 is 0 Å². The fourth-order valence-electron chi connectivity index (χ4n) is 2.07. The quantitative estimate of drug-likeness (QED) is 0.696. The van der Waals surface area contributed by atoms with Crippen LogP contribution in [0, 0.1) is 5.92 Å². The zero-order valence-corrected chi connectivity index (χ0v) is 9.71. The molecule has 0 spiro atoms. The molecule has 1 N–H and O–H groups in total. The summed E-state index contributed by atoms with van der Waals surface area (Å²) in [4.78, 5) is 0. The Morgan fingerprint density at radius 2 is 2.27 bits per heavy atom. The minimum Gasteiger partial charge on any atom is -0.379 e. The predicted molar refractivity (Wildman–Crippen MR) is 60.0 cm³/mol. The van der Waals surface area contributed by atoms with E-state index in [9.17, 15) is 0 Å². The van der Waals surface area contributed by atoms with Crippen molar-refractivity contribution in [1.29, 1.82) is 0 Å². The van der Waals surface area contributed by atoms with Gasteiger partial charge in [0.05, 0.1) is 19.3 Å². The lowest BCUT2D eigenvalue weighted by Gasteiger charge is -2.20. The zero-order valence-electron chi connectivity index (χ0n) is 9.71. The monoisotopic (exact) mass is 213 g/mol. The van der Waals surface area contributed by atoms with Gasteiger partial charge in [-0.3, -0.25) is 0 Å². The van der Waals surface area contributed by atoms with Crippen LogP contribution in [0.4, 0.5) is 0 Å². The molecule has 1 heterocycles. The molecule has 0 aromatic carbocycles. The van der Waals surface area contributed by atoms with Crippen molar-refractivity contribution in [3.8, 4) is 0 Å². The summed E-state index contributed by atoms with van der Waals surface area (Å²) in [6.45, 7) is 5.87. The molecule has 15 heavy (non-hydrogen) atoms. The van der Waals surface area contributed by atoms with E-state index in [1.54, 1.807) is 0 Å². The van der Waals surface area contributed by atoms with Crippen molar-refractivity contribution in [2.45, 2.75) is 44.8 Å². The summed E-state index contributed by atoms with van der Waals surface area (Å²) in [5.74, 6) is 0.874.